The molecule has 2 nitrogen and oxygen atoms in total. The van der Waals surface area contributed by atoms with Crippen molar-refractivity contribution in [3.63, 3.8) is 0 Å². The molecule has 2 rings (SSSR count). The first-order valence-electron chi connectivity index (χ1n) is 5.81. The van der Waals surface area contributed by atoms with Crippen LogP contribution in [0.3, 0.4) is 0 Å². The zero-order valence-electron chi connectivity index (χ0n) is 10.3. The molecule has 0 bridgehead atoms. The zero-order chi connectivity index (χ0) is 11.9. The lowest BCUT2D eigenvalue weighted by molar-refractivity contribution is 0.0878. The highest BCUT2D eigenvalue weighted by atomic mass is 16.5. The normalized spacial score (nSPS) is 19.5. The number of carbonyl (C=O) groups is 1. The number of hydrogen-bond donors (Lipinski definition) is 0. The monoisotopic (exact) mass is 218 g/mol. The summed E-state index contributed by atoms with van der Waals surface area (Å²) in [5.74, 6) is 0.830. The Kier molecular flexibility index (Phi) is 2.53. The average molecular weight is 218 g/mol. The van der Waals surface area contributed by atoms with Gasteiger partial charge in [-0.3, -0.25) is 4.79 Å². The minimum Gasteiger partial charge on any atom is -0.482 e. The Morgan fingerprint density at radius 1 is 1.38 bits per heavy atom. The fraction of sp³-hybridized carbons (Fsp3) is 0.500. The molecule has 0 radical (unpaired) electrons. The molecule has 0 aromatic heterocycles. The zero-order valence-corrected chi connectivity index (χ0v) is 10.3. The highest BCUT2D eigenvalue weighted by Gasteiger charge is 2.30. The van der Waals surface area contributed by atoms with E-state index in [-0.39, 0.29) is 17.3 Å². The van der Waals surface area contributed by atoms with Crippen molar-refractivity contribution in [2.24, 2.45) is 0 Å². The van der Waals surface area contributed by atoms with E-state index >= 15 is 0 Å². The van der Waals surface area contributed by atoms with E-state index in [0.29, 0.717) is 0 Å². The summed E-state index contributed by atoms with van der Waals surface area (Å²) in [7, 11) is 0. The molecule has 1 aliphatic heterocycles. The smallest absolute Gasteiger partial charge is 0.206 e. The number of carbonyl (C=O) groups excluding carboxylic acids is 1. The molecule has 1 aliphatic rings. The predicted molar refractivity (Wildman–Crippen MR) is 64.2 cm³/mol. The predicted octanol–water partition coefficient (Wildman–Crippen LogP) is 3.34. The van der Waals surface area contributed by atoms with Crippen LogP contribution in [0.25, 0.3) is 0 Å². The molecule has 1 aromatic rings. The summed E-state index contributed by atoms with van der Waals surface area (Å²) < 4.78 is 5.47. The van der Waals surface area contributed by atoms with Crippen molar-refractivity contribution in [1.82, 2.24) is 0 Å². The first kappa shape index (κ1) is 11.2. The van der Waals surface area contributed by atoms with Crippen LogP contribution in [0.4, 0.5) is 0 Å². The van der Waals surface area contributed by atoms with E-state index in [2.05, 4.69) is 26.8 Å². The molecule has 0 spiro atoms. The Labute approximate surface area is 96.6 Å². The van der Waals surface area contributed by atoms with Gasteiger partial charge >= 0.3 is 0 Å². The van der Waals surface area contributed by atoms with Gasteiger partial charge < -0.3 is 4.74 Å². The van der Waals surface area contributed by atoms with Crippen molar-refractivity contribution in [1.29, 1.82) is 0 Å². The van der Waals surface area contributed by atoms with Crippen molar-refractivity contribution in [2.45, 2.75) is 45.6 Å². The van der Waals surface area contributed by atoms with Crippen LogP contribution in [-0.2, 0) is 5.41 Å². The van der Waals surface area contributed by atoms with Crippen molar-refractivity contribution in [2.75, 3.05) is 0 Å². The van der Waals surface area contributed by atoms with Crippen molar-refractivity contribution >= 4 is 5.78 Å². The maximum atomic E-state index is 11.8. The van der Waals surface area contributed by atoms with Gasteiger partial charge in [0.15, 0.2) is 6.10 Å². The van der Waals surface area contributed by atoms with E-state index in [1.165, 1.54) is 5.56 Å². The average Bonchev–Trinajstić information content (AvgIpc) is 2.55. The van der Waals surface area contributed by atoms with Crippen molar-refractivity contribution < 1.29 is 9.53 Å². The Morgan fingerprint density at radius 3 is 2.69 bits per heavy atom. The van der Waals surface area contributed by atoms with Gasteiger partial charge in [0, 0.05) is 0 Å². The van der Waals surface area contributed by atoms with Crippen LogP contribution in [0.5, 0.6) is 5.75 Å². The summed E-state index contributed by atoms with van der Waals surface area (Å²) >= 11 is 0. The molecule has 86 valence electrons. The molecule has 1 heterocycles. The van der Waals surface area contributed by atoms with Crippen molar-refractivity contribution in [3.8, 4) is 5.75 Å². The van der Waals surface area contributed by atoms with Gasteiger partial charge in [0.2, 0.25) is 5.78 Å². The van der Waals surface area contributed by atoms with Crippen LogP contribution in [0.1, 0.15) is 50.0 Å². The number of benzene rings is 1. The van der Waals surface area contributed by atoms with E-state index in [1.807, 2.05) is 12.1 Å². The molecule has 1 atom stereocenters. The van der Waals surface area contributed by atoms with E-state index in [0.717, 1.165) is 17.7 Å². The molecule has 0 amide bonds. The first-order valence-corrected chi connectivity index (χ1v) is 5.81. The van der Waals surface area contributed by atoms with Crippen LogP contribution in [0.2, 0.25) is 0 Å². The molecular weight excluding hydrogens is 200 g/mol. The highest BCUT2D eigenvalue weighted by Crippen LogP contribution is 2.34. The molecule has 0 aliphatic carbocycles. The number of hydrogen-bond acceptors (Lipinski definition) is 2. The van der Waals surface area contributed by atoms with Crippen LogP contribution < -0.4 is 4.74 Å². The van der Waals surface area contributed by atoms with Gasteiger partial charge in [0.1, 0.15) is 5.75 Å². The Hall–Kier alpha value is -1.31. The van der Waals surface area contributed by atoms with Crippen molar-refractivity contribution in [3.05, 3.63) is 29.3 Å². The minimum atomic E-state index is -0.324. The molecular formula is C14H18O2. The van der Waals surface area contributed by atoms with Gasteiger partial charge in [-0.25, -0.2) is 0 Å². The van der Waals surface area contributed by atoms with E-state index in [1.54, 1.807) is 6.92 Å². The third-order valence-corrected chi connectivity index (χ3v) is 3.58. The van der Waals surface area contributed by atoms with Crippen LogP contribution >= 0.6 is 0 Å². The van der Waals surface area contributed by atoms with E-state index < -0.39 is 0 Å². The molecule has 1 aromatic carbocycles. The fourth-order valence-corrected chi connectivity index (χ4v) is 1.91. The summed E-state index contributed by atoms with van der Waals surface area (Å²) in [6.45, 7) is 8.35. The van der Waals surface area contributed by atoms with Gasteiger partial charge in [-0.2, -0.15) is 0 Å². The number of Topliss-reactive ketones (excluding diaryl/α,β-unsaturated/α-hetero) is 1. The topological polar surface area (TPSA) is 26.3 Å². The number of rotatable bonds is 2. The van der Waals surface area contributed by atoms with Gasteiger partial charge in [-0.05, 0) is 36.5 Å². The van der Waals surface area contributed by atoms with Crippen LogP contribution in [0, 0.1) is 0 Å². The minimum absolute atomic E-state index is 0.101. The molecule has 0 saturated carbocycles. The maximum absolute atomic E-state index is 11.8. The lowest BCUT2D eigenvalue weighted by Crippen LogP contribution is -2.17. The lowest BCUT2D eigenvalue weighted by Gasteiger charge is -2.23. The van der Waals surface area contributed by atoms with E-state index in [4.69, 9.17) is 4.74 Å². The summed E-state index contributed by atoms with van der Waals surface area (Å²) in [5, 5.41) is 0. The second-order valence-corrected chi connectivity index (χ2v) is 5.07. The van der Waals surface area contributed by atoms with Crippen LogP contribution in [-0.4, -0.2) is 11.9 Å². The lowest BCUT2D eigenvalue weighted by atomic mass is 9.81. The van der Waals surface area contributed by atoms with Crippen LogP contribution in [0.15, 0.2) is 18.2 Å². The summed E-state index contributed by atoms with van der Waals surface area (Å²) in [6.07, 6.45) is 0.728. The molecule has 0 N–H and O–H groups in total. The molecule has 2 heteroatoms. The molecule has 16 heavy (non-hydrogen) atoms. The van der Waals surface area contributed by atoms with Gasteiger partial charge in [-0.1, -0.05) is 26.8 Å². The molecule has 1 unspecified atom stereocenters. The van der Waals surface area contributed by atoms with Gasteiger partial charge in [0.05, 0.1) is 5.56 Å². The standard InChI is InChI=1S/C14H18O2/c1-5-14(3,4)10-6-7-12-11(8-10)13(15)9(2)16-12/h6-9H,5H2,1-4H3. The Bertz CT molecular complexity index is 432. The fourth-order valence-electron chi connectivity index (χ4n) is 1.91. The SMILES string of the molecule is CCC(C)(C)c1ccc2c(c1)C(=O)C(C)O2. The second-order valence-electron chi connectivity index (χ2n) is 5.07. The van der Waals surface area contributed by atoms with Gasteiger partial charge in [-0.15, -0.1) is 0 Å². The Morgan fingerprint density at radius 2 is 2.06 bits per heavy atom. The highest BCUT2D eigenvalue weighted by molar-refractivity contribution is 6.04. The summed E-state index contributed by atoms with van der Waals surface area (Å²) in [4.78, 5) is 11.8. The second kappa shape index (κ2) is 3.62. The molecule has 0 saturated heterocycles. The largest absolute Gasteiger partial charge is 0.482 e. The number of ether oxygens (including phenoxy) is 1. The Balaban J connectivity index is 2.45. The summed E-state index contributed by atoms with van der Waals surface area (Å²) in [6, 6.07) is 5.97. The van der Waals surface area contributed by atoms with E-state index in [9.17, 15) is 4.79 Å². The summed E-state index contributed by atoms with van der Waals surface area (Å²) in [5.41, 5.74) is 2.06. The quantitative estimate of drug-likeness (QED) is 0.761. The van der Waals surface area contributed by atoms with Gasteiger partial charge in [0.25, 0.3) is 0 Å². The maximum Gasteiger partial charge on any atom is 0.206 e. The third-order valence-electron chi connectivity index (χ3n) is 3.58. The number of fused-ring (bicyclic) bond motifs is 1. The first-order chi connectivity index (χ1) is 7.45. The molecule has 0 fully saturated rings. The number of ketones is 1. The third kappa shape index (κ3) is 1.62.